The summed E-state index contributed by atoms with van der Waals surface area (Å²) in [6.45, 7) is 2.00. The van der Waals surface area contributed by atoms with Gasteiger partial charge in [0.1, 0.15) is 0 Å². The molecule has 0 atom stereocenters. The first-order chi connectivity index (χ1) is 8.03. The molecule has 0 spiro atoms. The molecule has 1 aromatic rings. The number of hydrogen-bond acceptors (Lipinski definition) is 5. The van der Waals surface area contributed by atoms with Gasteiger partial charge in [0.05, 0.1) is 12.9 Å². The second-order valence-electron chi connectivity index (χ2n) is 3.29. The molecule has 7 nitrogen and oxygen atoms in total. The summed E-state index contributed by atoms with van der Waals surface area (Å²) in [6, 6.07) is 0. The van der Waals surface area contributed by atoms with Crippen molar-refractivity contribution in [1.82, 2.24) is 14.7 Å². The number of carbonyl (C=O) groups is 1. The molecule has 0 bridgehead atoms. The molecule has 1 rings (SSSR count). The van der Waals surface area contributed by atoms with Gasteiger partial charge in [-0.2, -0.15) is 0 Å². The fourth-order valence-corrected chi connectivity index (χ4v) is 2.08. The van der Waals surface area contributed by atoms with E-state index >= 15 is 0 Å². The molecule has 0 saturated carbocycles. The minimum Gasteiger partial charge on any atom is -0.465 e. The van der Waals surface area contributed by atoms with Gasteiger partial charge in [0.15, 0.2) is 5.75 Å². The van der Waals surface area contributed by atoms with Crippen LogP contribution in [0.1, 0.15) is 12.6 Å². The van der Waals surface area contributed by atoms with Crippen molar-refractivity contribution in [2.24, 2.45) is 0 Å². The van der Waals surface area contributed by atoms with E-state index in [2.05, 4.69) is 19.4 Å². The summed E-state index contributed by atoms with van der Waals surface area (Å²) in [6.07, 6.45) is 3.62. The highest BCUT2D eigenvalue weighted by molar-refractivity contribution is 7.90. The molecular weight excluding hydrogens is 246 g/mol. The Balaban J connectivity index is 2.32. The molecule has 96 valence electrons. The van der Waals surface area contributed by atoms with Gasteiger partial charge < -0.3 is 9.72 Å². The number of aromatic amines is 1. The highest BCUT2D eigenvalue weighted by Gasteiger charge is 2.16. The number of rotatable bonds is 7. The summed E-state index contributed by atoms with van der Waals surface area (Å²) in [5, 5.41) is 0. The predicted octanol–water partition coefficient (Wildman–Crippen LogP) is -0.565. The van der Waals surface area contributed by atoms with E-state index < -0.39 is 21.7 Å². The number of H-pyrrole nitrogens is 1. The molecule has 17 heavy (non-hydrogen) atoms. The maximum atomic E-state index is 11.4. The summed E-state index contributed by atoms with van der Waals surface area (Å²) in [5.41, 5.74) is 0.823. The van der Waals surface area contributed by atoms with E-state index in [-0.39, 0.29) is 13.2 Å². The maximum Gasteiger partial charge on any atom is 0.322 e. The number of carbonyl (C=O) groups excluding carboxylic acids is 1. The molecule has 0 aromatic carbocycles. The lowest BCUT2D eigenvalue weighted by Gasteiger charge is -2.05. The maximum absolute atomic E-state index is 11.4. The van der Waals surface area contributed by atoms with Gasteiger partial charge in [-0.25, -0.2) is 18.1 Å². The second kappa shape index (κ2) is 6.36. The van der Waals surface area contributed by atoms with Crippen LogP contribution in [0.15, 0.2) is 12.5 Å². The summed E-state index contributed by atoms with van der Waals surface area (Å²) in [5.74, 6) is -1.40. The minimum atomic E-state index is -3.62. The molecule has 0 aliphatic heterocycles. The largest absolute Gasteiger partial charge is 0.465 e. The third-order valence-corrected chi connectivity index (χ3v) is 3.14. The highest BCUT2D eigenvalue weighted by Crippen LogP contribution is 1.93. The van der Waals surface area contributed by atoms with E-state index in [0.29, 0.717) is 6.42 Å². The van der Waals surface area contributed by atoms with Crippen LogP contribution in [0.2, 0.25) is 0 Å². The van der Waals surface area contributed by atoms with E-state index in [0.717, 1.165) is 5.69 Å². The zero-order valence-corrected chi connectivity index (χ0v) is 10.3. The molecule has 0 unspecified atom stereocenters. The number of aromatic nitrogens is 2. The Hall–Kier alpha value is -1.41. The van der Waals surface area contributed by atoms with Gasteiger partial charge in [0, 0.05) is 24.9 Å². The fourth-order valence-electron chi connectivity index (χ4n) is 1.17. The summed E-state index contributed by atoms with van der Waals surface area (Å²) in [7, 11) is -3.62. The first-order valence-electron chi connectivity index (χ1n) is 5.13. The zero-order valence-electron chi connectivity index (χ0n) is 9.47. The van der Waals surface area contributed by atoms with Gasteiger partial charge in [0.2, 0.25) is 10.0 Å². The molecule has 8 heteroatoms. The average molecular weight is 261 g/mol. The number of esters is 1. The third-order valence-electron chi connectivity index (χ3n) is 1.88. The van der Waals surface area contributed by atoms with Crippen LogP contribution in [0.5, 0.6) is 0 Å². The van der Waals surface area contributed by atoms with E-state index in [4.69, 9.17) is 0 Å². The monoisotopic (exact) mass is 261 g/mol. The van der Waals surface area contributed by atoms with Crippen LogP contribution in [-0.4, -0.2) is 43.3 Å². The van der Waals surface area contributed by atoms with E-state index in [1.807, 2.05) is 0 Å². The smallest absolute Gasteiger partial charge is 0.322 e. The van der Waals surface area contributed by atoms with Gasteiger partial charge in [-0.05, 0) is 6.92 Å². The van der Waals surface area contributed by atoms with Gasteiger partial charge in [-0.3, -0.25) is 4.79 Å². The van der Waals surface area contributed by atoms with Gasteiger partial charge in [-0.1, -0.05) is 0 Å². The number of hydrogen-bond donors (Lipinski definition) is 2. The minimum absolute atomic E-state index is 0.169. The molecule has 1 heterocycles. The van der Waals surface area contributed by atoms with Crippen LogP contribution in [-0.2, 0) is 26.0 Å². The Labute approximate surface area is 99.6 Å². The molecular formula is C9H15N3O4S. The Kier molecular flexibility index (Phi) is 5.11. The first-order valence-corrected chi connectivity index (χ1v) is 6.79. The Morgan fingerprint density at radius 2 is 2.35 bits per heavy atom. The van der Waals surface area contributed by atoms with Crippen LogP contribution >= 0.6 is 0 Å². The molecule has 0 aliphatic rings. The quantitative estimate of drug-likeness (QED) is 0.640. The average Bonchev–Trinajstić information content (AvgIpc) is 2.69. The summed E-state index contributed by atoms with van der Waals surface area (Å²) < 4.78 is 29.7. The van der Waals surface area contributed by atoms with Crippen molar-refractivity contribution in [3.63, 3.8) is 0 Å². The number of ether oxygens (including phenoxy) is 1. The lowest BCUT2D eigenvalue weighted by atomic mass is 10.3. The highest BCUT2D eigenvalue weighted by atomic mass is 32.2. The van der Waals surface area contributed by atoms with Crippen molar-refractivity contribution >= 4 is 16.0 Å². The fraction of sp³-hybridized carbons (Fsp3) is 0.556. The third kappa shape index (κ3) is 5.45. The Morgan fingerprint density at radius 3 is 2.94 bits per heavy atom. The standard InChI is InChI=1S/C9H15N3O4S/c1-2-16-9(13)6-17(14,15)12-4-3-8-5-10-7-11-8/h5,7,12H,2-4,6H2,1H3,(H,10,11). The molecule has 0 fully saturated rings. The number of nitrogens with zero attached hydrogens (tertiary/aromatic N) is 1. The summed E-state index contributed by atoms with van der Waals surface area (Å²) in [4.78, 5) is 17.6. The summed E-state index contributed by atoms with van der Waals surface area (Å²) >= 11 is 0. The van der Waals surface area contributed by atoms with Crippen LogP contribution in [0.4, 0.5) is 0 Å². The molecule has 2 N–H and O–H groups in total. The van der Waals surface area contributed by atoms with E-state index in [1.165, 1.54) is 6.33 Å². The van der Waals surface area contributed by atoms with Crippen LogP contribution in [0.25, 0.3) is 0 Å². The van der Waals surface area contributed by atoms with Crippen molar-refractivity contribution in [2.75, 3.05) is 18.9 Å². The number of imidazole rings is 1. The molecule has 1 aromatic heterocycles. The number of sulfonamides is 1. The van der Waals surface area contributed by atoms with Crippen LogP contribution in [0, 0.1) is 0 Å². The SMILES string of the molecule is CCOC(=O)CS(=O)(=O)NCCc1cnc[nH]1. The van der Waals surface area contributed by atoms with Crippen molar-refractivity contribution < 1.29 is 17.9 Å². The van der Waals surface area contributed by atoms with Crippen molar-refractivity contribution in [3.05, 3.63) is 18.2 Å². The van der Waals surface area contributed by atoms with Crippen molar-refractivity contribution in [1.29, 1.82) is 0 Å². The molecule has 0 radical (unpaired) electrons. The van der Waals surface area contributed by atoms with Crippen molar-refractivity contribution in [2.45, 2.75) is 13.3 Å². The number of nitrogens with one attached hydrogen (secondary N) is 2. The lowest BCUT2D eigenvalue weighted by Crippen LogP contribution is -2.32. The Bertz CT molecular complexity index is 441. The van der Waals surface area contributed by atoms with E-state index in [9.17, 15) is 13.2 Å². The predicted molar refractivity (Wildman–Crippen MR) is 60.7 cm³/mol. The lowest BCUT2D eigenvalue weighted by molar-refractivity contribution is -0.139. The normalized spacial score (nSPS) is 11.4. The van der Waals surface area contributed by atoms with Gasteiger partial charge in [-0.15, -0.1) is 0 Å². The van der Waals surface area contributed by atoms with Crippen molar-refractivity contribution in [3.8, 4) is 0 Å². The first kappa shape index (κ1) is 13.7. The second-order valence-corrected chi connectivity index (χ2v) is 5.09. The molecule has 0 aliphatic carbocycles. The van der Waals surface area contributed by atoms with Crippen LogP contribution < -0.4 is 4.72 Å². The van der Waals surface area contributed by atoms with E-state index in [1.54, 1.807) is 13.1 Å². The molecule has 0 amide bonds. The molecule has 0 saturated heterocycles. The zero-order chi connectivity index (χ0) is 12.7. The van der Waals surface area contributed by atoms with Gasteiger partial charge >= 0.3 is 5.97 Å². The topological polar surface area (TPSA) is 101 Å². The van der Waals surface area contributed by atoms with Crippen LogP contribution in [0.3, 0.4) is 0 Å². The van der Waals surface area contributed by atoms with Gasteiger partial charge in [0.25, 0.3) is 0 Å². The Morgan fingerprint density at radius 1 is 1.59 bits per heavy atom.